The van der Waals surface area contributed by atoms with Crippen molar-refractivity contribution in [2.45, 2.75) is 26.4 Å². The van der Waals surface area contributed by atoms with Crippen molar-refractivity contribution in [2.75, 3.05) is 5.32 Å². The summed E-state index contributed by atoms with van der Waals surface area (Å²) in [4.78, 5) is 30.1. The molecule has 0 spiro atoms. The molecule has 0 fully saturated rings. The van der Waals surface area contributed by atoms with Crippen molar-refractivity contribution in [3.05, 3.63) is 46.4 Å². The number of rotatable bonds is 4. The van der Waals surface area contributed by atoms with Gasteiger partial charge in [0.25, 0.3) is 11.5 Å². The molecule has 2 aromatic rings. The number of carbonyl (C=O) groups excluding carboxylic acids is 1. The molecule has 1 heterocycles. The molecule has 0 radical (unpaired) electrons. The van der Waals surface area contributed by atoms with Gasteiger partial charge < -0.3 is 15.4 Å². The summed E-state index contributed by atoms with van der Waals surface area (Å²) in [6, 6.07) is 8.38. The van der Waals surface area contributed by atoms with E-state index in [0.29, 0.717) is 29.2 Å². The molecule has 1 atom stereocenters. The molecule has 0 saturated carbocycles. The van der Waals surface area contributed by atoms with Gasteiger partial charge in [0, 0.05) is 23.0 Å². The monoisotopic (exact) mass is 287 g/mol. The lowest BCUT2D eigenvalue weighted by Crippen LogP contribution is -2.24. The van der Waals surface area contributed by atoms with E-state index in [1.54, 1.807) is 24.3 Å². The van der Waals surface area contributed by atoms with Gasteiger partial charge in [-0.2, -0.15) is 0 Å². The molecule has 110 valence electrons. The molecule has 21 heavy (non-hydrogen) atoms. The SMILES string of the molecule is CCc1cc(=O)[nH]c(-c2cccc(NC(=O)C(C)O)c2)n1. The molecular formula is C15H17N3O3. The van der Waals surface area contributed by atoms with Crippen LogP contribution in [0.1, 0.15) is 19.5 Å². The Hall–Kier alpha value is -2.47. The Kier molecular flexibility index (Phi) is 4.49. The van der Waals surface area contributed by atoms with Gasteiger partial charge in [-0.25, -0.2) is 4.98 Å². The number of hydrogen-bond donors (Lipinski definition) is 3. The van der Waals surface area contributed by atoms with Crippen LogP contribution < -0.4 is 10.9 Å². The van der Waals surface area contributed by atoms with E-state index in [1.807, 2.05) is 6.92 Å². The number of H-pyrrole nitrogens is 1. The highest BCUT2D eigenvalue weighted by Crippen LogP contribution is 2.19. The van der Waals surface area contributed by atoms with Crippen LogP contribution in [0.5, 0.6) is 0 Å². The molecule has 0 aliphatic carbocycles. The number of aromatic nitrogens is 2. The average molecular weight is 287 g/mol. The zero-order valence-electron chi connectivity index (χ0n) is 11.9. The average Bonchev–Trinajstić information content (AvgIpc) is 2.46. The van der Waals surface area contributed by atoms with Gasteiger partial charge in [-0.3, -0.25) is 9.59 Å². The van der Waals surface area contributed by atoms with E-state index in [1.165, 1.54) is 13.0 Å². The van der Waals surface area contributed by atoms with Crippen LogP contribution in [0, 0.1) is 0 Å². The highest BCUT2D eigenvalue weighted by molar-refractivity contribution is 5.94. The third-order valence-electron chi connectivity index (χ3n) is 2.94. The van der Waals surface area contributed by atoms with Gasteiger partial charge >= 0.3 is 0 Å². The van der Waals surface area contributed by atoms with Crippen LogP contribution in [0.4, 0.5) is 5.69 Å². The molecule has 0 aliphatic rings. The van der Waals surface area contributed by atoms with Crippen LogP contribution in [-0.4, -0.2) is 27.1 Å². The van der Waals surface area contributed by atoms with Crippen LogP contribution in [-0.2, 0) is 11.2 Å². The predicted octanol–water partition coefficient (Wildman–Crippen LogP) is 1.32. The number of aliphatic hydroxyl groups is 1. The van der Waals surface area contributed by atoms with Crippen molar-refractivity contribution in [1.82, 2.24) is 9.97 Å². The van der Waals surface area contributed by atoms with Crippen molar-refractivity contribution in [2.24, 2.45) is 0 Å². The number of aliphatic hydroxyl groups excluding tert-OH is 1. The van der Waals surface area contributed by atoms with E-state index in [4.69, 9.17) is 0 Å². The quantitative estimate of drug-likeness (QED) is 0.790. The van der Waals surface area contributed by atoms with E-state index in [-0.39, 0.29) is 5.56 Å². The Balaban J connectivity index is 2.35. The molecule has 1 amide bonds. The standard InChI is InChI=1S/C15H17N3O3/c1-3-11-8-13(20)18-14(16-11)10-5-4-6-12(7-10)17-15(21)9(2)19/h4-9,19H,3H2,1-2H3,(H,17,21)(H,16,18,20). The van der Waals surface area contributed by atoms with Gasteiger partial charge in [-0.05, 0) is 25.5 Å². The summed E-state index contributed by atoms with van der Waals surface area (Å²) >= 11 is 0. The number of carbonyl (C=O) groups is 1. The number of aromatic amines is 1. The summed E-state index contributed by atoms with van der Waals surface area (Å²) in [5, 5.41) is 11.8. The Morgan fingerprint density at radius 1 is 1.43 bits per heavy atom. The highest BCUT2D eigenvalue weighted by atomic mass is 16.3. The lowest BCUT2D eigenvalue weighted by atomic mass is 10.1. The van der Waals surface area contributed by atoms with E-state index in [2.05, 4.69) is 15.3 Å². The number of nitrogens with one attached hydrogen (secondary N) is 2. The fourth-order valence-electron chi connectivity index (χ4n) is 1.82. The fourth-order valence-corrected chi connectivity index (χ4v) is 1.82. The Morgan fingerprint density at radius 2 is 2.19 bits per heavy atom. The van der Waals surface area contributed by atoms with Crippen molar-refractivity contribution >= 4 is 11.6 Å². The van der Waals surface area contributed by atoms with E-state index in [0.717, 1.165) is 0 Å². The first-order valence-electron chi connectivity index (χ1n) is 6.69. The largest absolute Gasteiger partial charge is 0.384 e. The molecule has 6 nitrogen and oxygen atoms in total. The van der Waals surface area contributed by atoms with Crippen molar-refractivity contribution < 1.29 is 9.90 Å². The topological polar surface area (TPSA) is 95.1 Å². The molecule has 1 aromatic heterocycles. The van der Waals surface area contributed by atoms with Crippen molar-refractivity contribution in [3.8, 4) is 11.4 Å². The molecule has 2 rings (SSSR count). The zero-order chi connectivity index (χ0) is 15.4. The second-order valence-corrected chi connectivity index (χ2v) is 4.68. The van der Waals surface area contributed by atoms with E-state index < -0.39 is 12.0 Å². The van der Waals surface area contributed by atoms with Gasteiger partial charge in [-0.15, -0.1) is 0 Å². The normalized spacial score (nSPS) is 12.0. The van der Waals surface area contributed by atoms with Gasteiger partial charge in [0.1, 0.15) is 11.9 Å². The minimum Gasteiger partial charge on any atom is -0.384 e. The highest BCUT2D eigenvalue weighted by Gasteiger charge is 2.10. The molecule has 6 heteroatoms. The summed E-state index contributed by atoms with van der Waals surface area (Å²) in [5.74, 6) is -0.0385. The second-order valence-electron chi connectivity index (χ2n) is 4.68. The van der Waals surface area contributed by atoms with Gasteiger partial charge in [-0.1, -0.05) is 19.1 Å². The summed E-state index contributed by atoms with van der Waals surface area (Å²) in [5.41, 5.74) is 1.70. The van der Waals surface area contributed by atoms with Crippen LogP contribution in [0.3, 0.4) is 0 Å². The van der Waals surface area contributed by atoms with E-state index >= 15 is 0 Å². The zero-order valence-corrected chi connectivity index (χ0v) is 11.9. The van der Waals surface area contributed by atoms with Gasteiger partial charge in [0.15, 0.2) is 0 Å². The first-order chi connectivity index (χ1) is 9.99. The van der Waals surface area contributed by atoms with Crippen LogP contribution in [0.2, 0.25) is 0 Å². The summed E-state index contributed by atoms with van der Waals surface area (Å²) in [6.45, 7) is 3.31. The molecule has 0 bridgehead atoms. The third kappa shape index (κ3) is 3.76. The van der Waals surface area contributed by atoms with Crippen LogP contribution in [0.15, 0.2) is 35.1 Å². The number of hydrogen-bond acceptors (Lipinski definition) is 4. The number of benzene rings is 1. The minimum atomic E-state index is -1.09. The Morgan fingerprint density at radius 3 is 2.86 bits per heavy atom. The van der Waals surface area contributed by atoms with E-state index in [9.17, 15) is 14.7 Å². The summed E-state index contributed by atoms with van der Waals surface area (Å²) < 4.78 is 0. The predicted molar refractivity (Wildman–Crippen MR) is 80.0 cm³/mol. The van der Waals surface area contributed by atoms with Gasteiger partial charge in [0.2, 0.25) is 0 Å². The first kappa shape index (κ1) is 14.9. The molecule has 1 unspecified atom stereocenters. The molecular weight excluding hydrogens is 270 g/mol. The number of amides is 1. The van der Waals surface area contributed by atoms with Crippen LogP contribution in [0.25, 0.3) is 11.4 Å². The molecule has 1 aromatic carbocycles. The second kappa shape index (κ2) is 6.32. The maximum absolute atomic E-state index is 11.6. The van der Waals surface area contributed by atoms with Crippen molar-refractivity contribution in [3.63, 3.8) is 0 Å². The number of nitrogens with zero attached hydrogens (tertiary/aromatic N) is 1. The molecule has 3 N–H and O–H groups in total. The first-order valence-corrected chi connectivity index (χ1v) is 6.69. The van der Waals surface area contributed by atoms with Crippen LogP contribution >= 0.6 is 0 Å². The summed E-state index contributed by atoms with van der Waals surface area (Å²) in [6.07, 6.45) is -0.426. The smallest absolute Gasteiger partial charge is 0.252 e. The van der Waals surface area contributed by atoms with Gasteiger partial charge in [0.05, 0.1) is 0 Å². The Bertz CT molecular complexity index is 707. The maximum Gasteiger partial charge on any atom is 0.252 e. The Labute approximate surface area is 121 Å². The minimum absolute atomic E-state index is 0.213. The maximum atomic E-state index is 11.6. The molecule has 0 saturated heterocycles. The molecule has 0 aliphatic heterocycles. The lowest BCUT2D eigenvalue weighted by molar-refractivity contribution is -0.123. The number of aryl methyl sites for hydroxylation is 1. The third-order valence-corrected chi connectivity index (χ3v) is 2.94. The fraction of sp³-hybridized carbons (Fsp3) is 0.267. The van der Waals surface area contributed by atoms with Crippen molar-refractivity contribution in [1.29, 1.82) is 0 Å². The lowest BCUT2D eigenvalue weighted by Gasteiger charge is -2.09. The number of anilines is 1. The summed E-state index contributed by atoms with van der Waals surface area (Å²) in [7, 11) is 0.